The first-order valence-electron chi connectivity index (χ1n) is 10.7. The van der Waals surface area contributed by atoms with Gasteiger partial charge in [0.05, 0.1) is 32.9 Å². The molecule has 2 bridgehead atoms. The molecule has 0 saturated heterocycles. The number of aliphatic hydroxyl groups excluding tert-OH is 1. The van der Waals surface area contributed by atoms with Gasteiger partial charge in [-0.05, 0) is 73.9 Å². The number of hydrogen-bond donors (Lipinski definition) is 3. The maximum atomic E-state index is 13.5. The molecular weight excluding hydrogens is 495 g/mol. The van der Waals surface area contributed by atoms with E-state index in [2.05, 4.69) is 5.32 Å². The Kier molecular flexibility index (Phi) is 6.71. The fourth-order valence-corrected chi connectivity index (χ4v) is 7.56. The van der Waals surface area contributed by atoms with Gasteiger partial charge in [-0.25, -0.2) is 21.6 Å². The first kappa shape index (κ1) is 25.0. The second kappa shape index (κ2) is 9.14. The number of benzene rings is 2. The van der Waals surface area contributed by atoms with E-state index in [0.29, 0.717) is 12.8 Å². The van der Waals surface area contributed by atoms with Gasteiger partial charge in [0.15, 0.2) is 9.84 Å². The van der Waals surface area contributed by atoms with Gasteiger partial charge in [0.25, 0.3) is 12.3 Å². The van der Waals surface area contributed by atoms with Crippen LogP contribution in [0.2, 0.25) is 5.02 Å². The smallest absolute Gasteiger partial charge is 0.266 e. The van der Waals surface area contributed by atoms with Crippen LogP contribution in [-0.4, -0.2) is 42.0 Å². The lowest BCUT2D eigenvalue weighted by Gasteiger charge is -2.41. The highest BCUT2D eigenvalue weighted by atomic mass is 35.5. The zero-order chi connectivity index (χ0) is 24.8. The highest BCUT2D eigenvalue weighted by molar-refractivity contribution is 7.92. The number of anilines is 1. The molecule has 2 aliphatic rings. The van der Waals surface area contributed by atoms with Gasteiger partial charge in [0.2, 0.25) is 0 Å². The molecule has 2 saturated carbocycles. The average molecular weight is 518 g/mol. The fourth-order valence-electron chi connectivity index (χ4n) is 5.16. The Balaban J connectivity index is 1.59. The van der Waals surface area contributed by atoms with Gasteiger partial charge in [-0.2, -0.15) is 0 Å². The van der Waals surface area contributed by atoms with Crippen molar-refractivity contribution in [3.05, 3.63) is 58.4 Å². The molecule has 2 aromatic carbocycles. The SMILES string of the molecule is O=C(Nc1ccc(F)c(C(F)F)c1)c1ccc(Cl)c(S(=O)(=O)[C@@H]2CC3CC[C@@H](C2)[C@@]3(O)CO)c1. The number of sulfone groups is 1. The van der Waals surface area contributed by atoms with Crippen LogP contribution in [0, 0.1) is 17.7 Å². The number of aliphatic hydroxyl groups is 2. The number of fused-ring (bicyclic) bond motifs is 2. The number of carbonyl (C=O) groups excluding carboxylic acids is 1. The minimum Gasteiger partial charge on any atom is -0.393 e. The van der Waals surface area contributed by atoms with Crippen molar-refractivity contribution >= 4 is 33.0 Å². The Hall–Kier alpha value is -2.14. The molecule has 4 rings (SSSR count). The monoisotopic (exact) mass is 517 g/mol. The Morgan fingerprint density at radius 2 is 1.79 bits per heavy atom. The molecule has 1 unspecified atom stereocenters. The average Bonchev–Trinajstić information content (AvgIpc) is 2.96. The summed E-state index contributed by atoms with van der Waals surface area (Å²) < 4.78 is 66.3. The first-order valence-corrected chi connectivity index (χ1v) is 12.7. The first-order chi connectivity index (χ1) is 16.0. The van der Waals surface area contributed by atoms with E-state index in [9.17, 15) is 36.6 Å². The van der Waals surface area contributed by atoms with Gasteiger partial charge in [-0.3, -0.25) is 4.79 Å². The predicted molar refractivity (Wildman–Crippen MR) is 119 cm³/mol. The normalized spacial score (nSPS) is 26.6. The van der Waals surface area contributed by atoms with Crippen molar-refractivity contribution < 1.29 is 36.6 Å². The lowest BCUT2D eigenvalue weighted by atomic mass is 9.75. The number of hydrogen-bond acceptors (Lipinski definition) is 5. The third kappa shape index (κ3) is 4.32. The van der Waals surface area contributed by atoms with E-state index in [1.807, 2.05) is 0 Å². The third-order valence-corrected chi connectivity index (χ3v) is 9.71. The molecular formula is C23H23ClF3NO5S. The summed E-state index contributed by atoms with van der Waals surface area (Å²) in [6.07, 6.45) is -1.52. The topological polar surface area (TPSA) is 104 Å². The molecule has 1 amide bonds. The molecule has 2 aromatic rings. The van der Waals surface area contributed by atoms with Crippen LogP contribution in [0.25, 0.3) is 0 Å². The molecule has 11 heteroatoms. The summed E-state index contributed by atoms with van der Waals surface area (Å²) in [5.41, 5.74) is -2.30. The van der Waals surface area contributed by atoms with Gasteiger partial charge in [-0.15, -0.1) is 0 Å². The molecule has 6 nitrogen and oxygen atoms in total. The van der Waals surface area contributed by atoms with Crippen LogP contribution in [-0.2, 0) is 9.84 Å². The van der Waals surface area contributed by atoms with Gasteiger partial charge in [-0.1, -0.05) is 11.6 Å². The molecule has 0 aliphatic heterocycles. The third-order valence-electron chi connectivity index (χ3n) is 7.05. The summed E-state index contributed by atoms with van der Waals surface area (Å²) in [5.74, 6) is -2.60. The van der Waals surface area contributed by atoms with Gasteiger partial charge in [0.1, 0.15) is 5.82 Å². The van der Waals surface area contributed by atoms with Gasteiger partial charge in [0, 0.05) is 11.3 Å². The van der Waals surface area contributed by atoms with E-state index in [0.717, 1.165) is 24.3 Å². The van der Waals surface area contributed by atoms with E-state index in [4.69, 9.17) is 11.6 Å². The summed E-state index contributed by atoms with van der Waals surface area (Å²) in [6, 6.07) is 6.42. The predicted octanol–water partition coefficient (Wildman–Crippen LogP) is 4.35. The molecule has 3 N–H and O–H groups in total. The molecule has 184 valence electrons. The molecule has 4 atom stereocenters. The maximum absolute atomic E-state index is 13.5. The summed E-state index contributed by atoms with van der Waals surface area (Å²) in [6.45, 7) is -0.428. The van der Waals surface area contributed by atoms with Crippen molar-refractivity contribution in [2.24, 2.45) is 11.8 Å². The van der Waals surface area contributed by atoms with E-state index in [1.165, 1.54) is 12.1 Å². The van der Waals surface area contributed by atoms with Crippen molar-refractivity contribution in [3.8, 4) is 0 Å². The second-order valence-electron chi connectivity index (χ2n) is 8.90. The van der Waals surface area contributed by atoms with E-state index < -0.39 is 51.0 Å². The molecule has 2 fully saturated rings. The summed E-state index contributed by atoms with van der Waals surface area (Å²) >= 11 is 6.18. The molecule has 0 radical (unpaired) electrons. The van der Waals surface area contributed by atoms with Gasteiger partial charge >= 0.3 is 0 Å². The van der Waals surface area contributed by atoms with E-state index >= 15 is 0 Å². The zero-order valence-electron chi connectivity index (χ0n) is 17.8. The molecule has 2 aliphatic carbocycles. The zero-order valence-corrected chi connectivity index (χ0v) is 19.4. The minimum atomic E-state index is -3.98. The van der Waals surface area contributed by atoms with Crippen molar-refractivity contribution in [2.45, 2.75) is 47.9 Å². The van der Waals surface area contributed by atoms with Crippen molar-refractivity contribution in [2.75, 3.05) is 11.9 Å². The number of rotatable bonds is 6. The van der Waals surface area contributed by atoms with Crippen LogP contribution in [0.1, 0.15) is 48.0 Å². The Morgan fingerprint density at radius 3 is 2.38 bits per heavy atom. The van der Waals surface area contributed by atoms with Gasteiger partial charge < -0.3 is 15.5 Å². The quantitative estimate of drug-likeness (QED) is 0.528. The van der Waals surface area contributed by atoms with Crippen LogP contribution in [0.5, 0.6) is 0 Å². The van der Waals surface area contributed by atoms with Crippen molar-refractivity contribution in [1.82, 2.24) is 0 Å². The summed E-state index contributed by atoms with van der Waals surface area (Å²) in [7, 11) is -3.98. The number of nitrogens with one attached hydrogen (secondary N) is 1. The van der Waals surface area contributed by atoms with Crippen LogP contribution in [0.4, 0.5) is 18.9 Å². The van der Waals surface area contributed by atoms with Crippen LogP contribution >= 0.6 is 11.6 Å². The van der Waals surface area contributed by atoms with E-state index in [1.54, 1.807) is 0 Å². The number of amides is 1. The highest BCUT2D eigenvalue weighted by Crippen LogP contribution is 2.51. The van der Waals surface area contributed by atoms with Crippen LogP contribution in [0.15, 0.2) is 41.3 Å². The molecule has 0 aromatic heterocycles. The van der Waals surface area contributed by atoms with E-state index in [-0.39, 0.29) is 45.8 Å². The standard InChI is InChI=1S/C23H23ClF3NO5S/c24-18-5-1-12(22(30)28-15-4-6-19(25)17(10-15)21(26)27)7-20(18)34(32,33)16-8-13-2-3-14(9-16)23(13,31)11-29/h1,4-7,10,13-14,16,21,29,31H,2-3,8-9,11H2,(H,28,30)/t13-,14?,16-,23-/m0/s1. The van der Waals surface area contributed by atoms with Crippen molar-refractivity contribution in [1.29, 1.82) is 0 Å². The lowest BCUT2D eigenvalue weighted by molar-refractivity contribution is -0.0943. The maximum Gasteiger partial charge on any atom is 0.266 e. The largest absolute Gasteiger partial charge is 0.393 e. The number of alkyl halides is 2. The molecule has 34 heavy (non-hydrogen) atoms. The fraction of sp³-hybridized carbons (Fsp3) is 0.435. The Bertz CT molecular complexity index is 1210. The summed E-state index contributed by atoms with van der Waals surface area (Å²) in [5, 5.41) is 21.8. The minimum absolute atomic E-state index is 0.0726. The van der Waals surface area contributed by atoms with Crippen LogP contribution < -0.4 is 5.32 Å². The summed E-state index contributed by atoms with van der Waals surface area (Å²) in [4.78, 5) is 12.5. The van der Waals surface area contributed by atoms with Crippen LogP contribution in [0.3, 0.4) is 0 Å². The number of carbonyl (C=O) groups is 1. The van der Waals surface area contributed by atoms with Crippen molar-refractivity contribution in [3.63, 3.8) is 0 Å². The second-order valence-corrected chi connectivity index (χ2v) is 11.5. The Labute approximate surface area is 199 Å². The lowest BCUT2D eigenvalue weighted by Crippen LogP contribution is -2.50. The highest BCUT2D eigenvalue weighted by Gasteiger charge is 2.55. The Morgan fingerprint density at radius 1 is 1.15 bits per heavy atom. The molecule has 0 spiro atoms. The number of halogens is 4. The molecule has 0 heterocycles.